The minimum Gasteiger partial charge on any atom is -0.337 e. The number of hydrogen-bond donors (Lipinski definition) is 0. The van der Waals surface area contributed by atoms with Crippen molar-refractivity contribution in [3.05, 3.63) is 77.1 Å². The molecule has 0 atom stereocenters. The molecule has 5 nitrogen and oxygen atoms in total. The van der Waals surface area contributed by atoms with E-state index in [9.17, 15) is 9.18 Å². The average molecular weight is 345 g/mol. The van der Waals surface area contributed by atoms with E-state index in [0.29, 0.717) is 16.1 Å². The summed E-state index contributed by atoms with van der Waals surface area (Å²) in [5, 5.41) is 4.33. The van der Waals surface area contributed by atoms with Gasteiger partial charge in [-0.05, 0) is 36.4 Å². The van der Waals surface area contributed by atoms with Crippen LogP contribution >= 0.6 is 11.6 Å². The molecule has 0 aliphatic rings. The molecule has 24 heavy (non-hydrogen) atoms. The molecule has 7 heteroatoms. The third-order valence-corrected chi connectivity index (χ3v) is 3.96. The summed E-state index contributed by atoms with van der Waals surface area (Å²) in [4.78, 5) is 17.8. The van der Waals surface area contributed by atoms with Crippen LogP contribution in [0.15, 0.2) is 55.1 Å². The van der Waals surface area contributed by atoms with Gasteiger partial charge in [-0.15, -0.1) is 0 Å². The van der Waals surface area contributed by atoms with Crippen molar-refractivity contribution in [1.29, 1.82) is 0 Å². The van der Waals surface area contributed by atoms with Gasteiger partial charge in [0.25, 0.3) is 5.91 Å². The number of carbonyl (C=O) groups excluding carboxylic acids is 1. The van der Waals surface area contributed by atoms with E-state index in [-0.39, 0.29) is 12.5 Å². The summed E-state index contributed by atoms with van der Waals surface area (Å²) in [5.74, 6) is -0.650. The molecule has 0 N–H and O–H groups in total. The highest BCUT2D eigenvalue weighted by molar-refractivity contribution is 6.31. The number of hydrogen-bond acceptors (Lipinski definition) is 3. The zero-order valence-electron chi connectivity index (χ0n) is 12.9. The van der Waals surface area contributed by atoms with Crippen molar-refractivity contribution < 1.29 is 9.18 Å². The normalized spacial score (nSPS) is 10.6. The highest BCUT2D eigenvalue weighted by atomic mass is 35.5. The predicted octanol–water partition coefficient (Wildman–Crippen LogP) is 3.33. The number of carbonyl (C=O) groups is 1. The van der Waals surface area contributed by atoms with E-state index in [2.05, 4.69) is 10.1 Å². The lowest BCUT2D eigenvalue weighted by atomic mass is 10.1. The SMILES string of the molecule is CN(Cc1c(F)cccc1Cl)C(=O)c1ccc(-n2cncn2)cc1. The van der Waals surface area contributed by atoms with Crippen LogP contribution in [0.4, 0.5) is 4.39 Å². The smallest absolute Gasteiger partial charge is 0.253 e. The molecule has 0 saturated heterocycles. The lowest BCUT2D eigenvalue weighted by Crippen LogP contribution is -2.26. The quantitative estimate of drug-likeness (QED) is 0.729. The summed E-state index contributed by atoms with van der Waals surface area (Å²) in [6.07, 6.45) is 3.01. The number of rotatable bonds is 4. The fourth-order valence-electron chi connectivity index (χ4n) is 2.31. The molecular formula is C17H14ClFN4O. The zero-order chi connectivity index (χ0) is 17.1. The Morgan fingerprint density at radius 2 is 2.00 bits per heavy atom. The summed E-state index contributed by atoms with van der Waals surface area (Å²) in [7, 11) is 1.61. The van der Waals surface area contributed by atoms with Crippen molar-refractivity contribution >= 4 is 17.5 Å². The van der Waals surface area contributed by atoms with Crippen molar-refractivity contribution in [3.63, 3.8) is 0 Å². The second-order valence-corrected chi connectivity index (χ2v) is 5.66. The van der Waals surface area contributed by atoms with E-state index in [1.54, 1.807) is 48.4 Å². The molecule has 0 unspecified atom stereocenters. The number of nitrogens with zero attached hydrogens (tertiary/aromatic N) is 4. The molecule has 0 radical (unpaired) electrons. The van der Waals surface area contributed by atoms with Gasteiger partial charge in [-0.3, -0.25) is 4.79 Å². The Labute approximate surface area is 143 Å². The zero-order valence-corrected chi connectivity index (χ0v) is 13.6. The van der Waals surface area contributed by atoms with Crippen LogP contribution in [0, 0.1) is 5.82 Å². The van der Waals surface area contributed by atoms with E-state index in [1.165, 1.54) is 23.4 Å². The van der Waals surface area contributed by atoms with Crippen LogP contribution in [0.3, 0.4) is 0 Å². The van der Waals surface area contributed by atoms with Crippen molar-refractivity contribution in [2.24, 2.45) is 0 Å². The minimum absolute atomic E-state index is 0.0924. The van der Waals surface area contributed by atoms with Crippen LogP contribution in [0.2, 0.25) is 5.02 Å². The minimum atomic E-state index is -0.427. The first-order valence-corrected chi connectivity index (χ1v) is 7.57. The second kappa shape index (κ2) is 6.80. The Hall–Kier alpha value is -2.73. The average Bonchev–Trinajstić information content (AvgIpc) is 3.12. The van der Waals surface area contributed by atoms with Gasteiger partial charge in [0.1, 0.15) is 18.5 Å². The Morgan fingerprint density at radius 3 is 2.62 bits per heavy atom. The number of aromatic nitrogens is 3. The third kappa shape index (κ3) is 3.28. The molecule has 0 fully saturated rings. The maximum absolute atomic E-state index is 13.8. The van der Waals surface area contributed by atoms with Crippen LogP contribution < -0.4 is 0 Å². The first-order chi connectivity index (χ1) is 11.6. The van der Waals surface area contributed by atoms with Gasteiger partial charge in [0.05, 0.1) is 5.69 Å². The van der Waals surface area contributed by atoms with Crippen molar-refractivity contribution in [3.8, 4) is 5.69 Å². The molecule has 1 heterocycles. The van der Waals surface area contributed by atoms with E-state index in [0.717, 1.165) is 5.69 Å². The largest absolute Gasteiger partial charge is 0.337 e. The lowest BCUT2D eigenvalue weighted by Gasteiger charge is -2.18. The Bertz CT molecular complexity index is 829. The number of benzene rings is 2. The molecule has 3 rings (SSSR count). The molecule has 0 spiro atoms. The van der Waals surface area contributed by atoms with Crippen molar-refractivity contribution in [1.82, 2.24) is 19.7 Å². The number of amides is 1. The fourth-order valence-corrected chi connectivity index (χ4v) is 2.53. The van der Waals surface area contributed by atoms with Gasteiger partial charge < -0.3 is 4.90 Å². The number of halogens is 2. The highest BCUT2D eigenvalue weighted by Crippen LogP contribution is 2.21. The third-order valence-electron chi connectivity index (χ3n) is 3.60. The van der Waals surface area contributed by atoms with Gasteiger partial charge in [0.2, 0.25) is 0 Å². The van der Waals surface area contributed by atoms with E-state index < -0.39 is 5.82 Å². The molecule has 0 saturated carbocycles. The molecule has 122 valence electrons. The summed E-state index contributed by atoms with van der Waals surface area (Å²) in [6, 6.07) is 11.4. The summed E-state index contributed by atoms with van der Waals surface area (Å²) >= 11 is 6.01. The van der Waals surface area contributed by atoms with Crippen LogP contribution in [-0.2, 0) is 6.54 Å². The van der Waals surface area contributed by atoms with Gasteiger partial charge in [0, 0.05) is 29.7 Å². The van der Waals surface area contributed by atoms with Crippen LogP contribution in [0.5, 0.6) is 0 Å². The molecule has 0 aliphatic heterocycles. The first kappa shape index (κ1) is 16.1. The monoisotopic (exact) mass is 344 g/mol. The van der Waals surface area contributed by atoms with Crippen LogP contribution in [0.1, 0.15) is 15.9 Å². The lowest BCUT2D eigenvalue weighted by molar-refractivity contribution is 0.0784. The topological polar surface area (TPSA) is 51.0 Å². The Morgan fingerprint density at radius 1 is 1.25 bits per heavy atom. The van der Waals surface area contributed by atoms with Gasteiger partial charge >= 0.3 is 0 Å². The molecular weight excluding hydrogens is 331 g/mol. The maximum Gasteiger partial charge on any atom is 0.253 e. The van der Waals surface area contributed by atoms with Crippen LogP contribution in [-0.4, -0.2) is 32.6 Å². The fraction of sp³-hybridized carbons (Fsp3) is 0.118. The second-order valence-electron chi connectivity index (χ2n) is 5.25. The first-order valence-electron chi connectivity index (χ1n) is 7.19. The van der Waals surface area contributed by atoms with Gasteiger partial charge in [-0.2, -0.15) is 5.10 Å². The van der Waals surface area contributed by atoms with E-state index in [1.807, 2.05) is 0 Å². The molecule has 2 aromatic carbocycles. The molecule has 3 aromatic rings. The van der Waals surface area contributed by atoms with Gasteiger partial charge in [0.15, 0.2) is 0 Å². The van der Waals surface area contributed by atoms with E-state index >= 15 is 0 Å². The Kier molecular flexibility index (Phi) is 4.57. The standard InChI is InChI=1S/C17H14ClFN4O/c1-22(9-14-15(18)3-2-4-16(14)19)17(24)12-5-7-13(8-6-12)23-11-20-10-21-23/h2-8,10-11H,9H2,1H3. The van der Waals surface area contributed by atoms with Crippen LogP contribution in [0.25, 0.3) is 5.69 Å². The summed E-state index contributed by atoms with van der Waals surface area (Å²) < 4.78 is 15.4. The van der Waals surface area contributed by atoms with Crippen molar-refractivity contribution in [2.45, 2.75) is 6.54 Å². The van der Waals surface area contributed by atoms with Crippen molar-refractivity contribution in [2.75, 3.05) is 7.05 Å². The maximum atomic E-state index is 13.8. The van der Waals surface area contributed by atoms with E-state index in [4.69, 9.17) is 11.6 Å². The molecule has 0 aliphatic carbocycles. The highest BCUT2D eigenvalue weighted by Gasteiger charge is 2.16. The van der Waals surface area contributed by atoms with Gasteiger partial charge in [-0.25, -0.2) is 14.1 Å². The summed E-state index contributed by atoms with van der Waals surface area (Å²) in [5.41, 5.74) is 1.59. The predicted molar refractivity (Wildman–Crippen MR) is 88.6 cm³/mol. The molecule has 0 bridgehead atoms. The Balaban J connectivity index is 1.76. The molecule has 1 aromatic heterocycles. The van der Waals surface area contributed by atoms with Gasteiger partial charge in [-0.1, -0.05) is 17.7 Å². The summed E-state index contributed by atoms with van der Waals surface area (Å²) in [6.45, 7) is 0.0924. The molecule has 1 amide bonds.